The van der Waals surface area contributed by atoms with Crippen molar-refractivity contribution in [2.45, 2.75) is 19.3 Å². The molecule has 2 nitrogen and oxygen atoms in total. The molecule has 1 aliphatic rings. The number of thiocarbonyl (C=S) groups is 1. The van der Waals surface area contributed by atoms with Crippen molar-refractivity contribution >= 4 is 28.6 Å². The first-order chi connectivity index (χ1) is 9.63. The summed E-state index contributed by atoms with van der Waals surface area (Å²) in [6.07, 6.45) is 3.50. The lowest BCUT2D eigenvalue weighted by molar-refractivity contribution is 0.626. The van der Waals surface area contributed by atoms with E-state index in [4.69, 9.17) is 18.0 Å². The van der Waals surface area contributed by atoms with Gasteiger partial charge in [-0.3, -0.25) is 0 Å². The van der Waals surface area contributed by atoms with E-state index >= 15 is 0 Å². The van der Waals surface area contributed by atoms with Gasteiger partial charge in [-0.1, -0.05) is 18.3 Å². The zero-order valence-electron chi connectivity index (χ0n) is 10.9. The molecule has 0 aromatic heterocycles. The molecule has 20 heavy (non-hydrogen) atoms. The van der Waals surface area contributed by atoms with Crippen molar-refractivity contribution in [2.24, 2.45) is 5.73 Å². The fraction of sp³-hybridized carbons (Fsp3) is 0.188. The molecular weight excluding hydrogens is 271 g/mol. The van der Waals surface area contributed by atoms with Crippen molar-refractivity contribution in [1.29, 1.82) is 0 Å². The first kappa shape index (κ1) is 13.1. The van der Waals surface area contributed by atoms with Gasteiger partial charge in [0.15, 0.2) is 0 Å². The molecule has 0 heterocycles. The van der Waals surface area contributed by atoms with Gasteiger partial charge in [-0.15, -0.1) is 0 Å². The fourth-order valence-corrected chi connectivity index (χ4v) is 2.77. The molecule has 0 saturated carbocycles. The molecule has 0 spiro atoms. The summed E-state index contributed by atoms with van der Waals surface area (Å²) in [7, 11) is 0. The Labute approximate surface area is 122 Å². The van der Waals surface area contributed by atoms with Crippen molar-refractivity contribution in [2.75, 3.05) is 5.32 Å². The Kier molecular flexibility index (Phi) is 3.40. The summed E-state index contributed by atoms with van der Waals surface area (Å²) in [5.74, 6) is -0.399. The summed E-state index contributed by atoms with van der Waals surface area (Å²) in [6.45, 7) is 0. The molecule has 0 atom stereocenters. The molecule has 102 valence electrons. The van der Waals surface area contributed by atoms with Crippen LogP contribution in [-0.2, 0) is 12.8 Å². The smallest absolute Gasteiger partial charge is 0.135 e. The summed E-state index contributed by atoms with van der Waals surface area (Å²) >= 11 is 4.79. The number of hydrogen-bond acceptors (Lipinski definition) is 2. The Bertz CT molecular complexity index is 682. The molecule has 2 aromatic carbocycles. The first-order valence-electron chi connectivity index (χ1n) is 6.61. The van der Waals surface area contributed by atoms with Crippen LogP contribution in [0.1, 0.15) is 23.1 Å². The minimum atomic E-state index is -0.399. The summed E-state index contributed by atoms with van der Waals surface area (Å²) in [6, 6.07) is 11.1. The zero-order chi connectivity index (χ0) is 14.1. The predicted octanol–water partition coefficient (Wildman–Crippen LogP) is 3.69. The molecule has 0 bridgehead atoms. The number of hydrogen-bond donors (Lipinski definition) is 2. The minimum absolute atomic E-state index is 0.0755. The molecule has 0 radical (unpaired) electrons. The summed E-state index contributed by atoms with van der Waals surface area (Å²) in [5.41, 5.74) is 10.2. The SMILES string of the molecule is NC(=S)c1ccc(Nc2ccc3c(c2)CCC3)cc1F. The van der Waals surface area contributed by atoms with Crippen LogP contribution in [0, 0.1) is 5.82 Å². The van der Waals surface area contributed by atoms with Crippen LogP contribution in [0.15, 0.2) is 36.4 Å². The number of rotatable bonds is 3. The van der Waals surface area contributed by atoms with E-state index in [2.05, 4.69) is 17.4 Å². The van der Waals surface area contributed by atoms with Gasteiger partial charge in [0.2, 0.25) is 0 Å². The normalized spacial score (nSPS) is 13.1. The monoisotopic (exact) mass is 286 g/mol. The zero-order valence-corrected chi connectivity index (χ0v) is 11.8. The van der Waals surface area contributed by atoms with Gasteiger partial charge in [0.25, 0.3) is 0 Å². The molecule has 0 amide bonds. The Morgan fingerprint density at radius 1 is 1.05 bits per heavy atom. The highest BCUT2D eigenvalue weighted by Crippen LogP contribution is 2.27. The van der Waals surface area contributed by atoms with Crippen LogP contribution in [0.4, 0.5) is 15.8 Å². The molecule has 0 aliphatic heterocycles. The van der Waals surface area contributed by atoms with Crippen LogP contribution in [0.5, 0.6) is 0 Å². The first-order valence-corrected chi connectivity index (χ1v) is 7.02. The van der Waals surface area contributed by atoms with Gasteiger partial charge in [-0.2, -0.15) is 0 Å². The topological polar surface area (TPSA) is 38.0 Å². The third-order valence-electron chi connectivity index (χ3n) is 3.62. The molecule has 2 aromatic rings. The van der Waals surface area contributed by atoms with Gasteiger partial charge in [-0.05, 0) is 60.7 Å². The number of halogens is 1. The van der Waals surface area contributed by atoms with E-state index < -0.39 is 5.82 Å². The third kappa shape index (κ3) is 2.51. The van der Waals surface area contributed by atoms with E-state index in [1.165, 1.54) is 23.6 Å². The highest BCUT2D eigenvalue weighted by atomic mass is 32.1. The maximum atomic E-state index is 13.8. The van der Waals surface area contributed by atoms with Crippen molar-refractivity contribution in [3.63, 3.8) is 0 Å². The van der Waals surface area contributed by atoms with Gasteiger partial charge >= 0.3 is 0 Å². The standard InChI is InChI=1S/C16H15FN2S/c17-15-9-13(6-7-14(15)16(18)20)19-12-5-4-10-2-1-3-11(10)8-12/h4-9,19H,1-3H2,(H2,18,20). The Balaban J connectivity index is 1.84. The Morgan fingerprint density at radius 2 is 1.75 bits per heavy atom. The van der Waals surface area contributed by atoms with Crippen LogP contribution in [0.2, 0.25) is 0 Å². The van der Waals surface area contributed by atoms with Crippen molar-refractivity contribution in [3.8, 4) is 0 Å². The van der Waals surface area contributed by atoms with Crippen LogP contribution in [0.3, 0.4) is 0 Å². The Morgan fingerprint density at radius 3 is 2.50 bits per heavy atom. The largest absolute Gasteiger partial charge is 0.389 e. The second-order valence-electron chi connectivity index (χ2n) is 5.02. The van der Waals surface area contributed by atoms with Crippen LogP contribution < -0.4 is 11.1 Å². The lowest BCUT2D eigenvalue weighted by Crippen LogP contribution is -2.11. The lowest BCUT2D eigenvalue weighted by atomic mass is 10.1. The van der Waals surface area contributed by atoms with E-state index in [1.807, 2.05) is 6.07 Å². The van der Waals surface area contributed by atoms with Crippen LogP contribution in [-0.4, -0.2) is 4.99 Å². The number of nitrogens with two attached hydrogens (primary N) is 1. The molecule has 1 aliphatic carbocycles. The van der Waals surface area contributed by atoms with E-state index in [0.29, 0.717) is 5.69 Å². The second kappa shape index (κ2) is 5.21. The third-order valence-corrected chi connectivity index (χ3v) is 3.84. The van der Waals surface area contributed by atoms with Gasteiger partial charge in [0.05, 0.1) is 0 Å². The van der Waals surface area contributed by atoms with E-state index in [1.54, 1.807) is 12.1 Å². The molecule has 0 fully saturated rings. The summed E-state index contributed by atoms with van der Waals surface area (Å²) in [4.78, 5) is 0.0755. The van der Waals surface area contributed by atoms with Gasteiger partial charge in [-0.25, -0.2) is 4.39 Å². The number of fused-ring (bicyclic) bond motifs is 1. The number of benzene rings is 2. The fourth-order valence-electron chi connectivity index (χ4n) is 2.61. The Hall–Kier alpha value is -1.94. The number of anilines is 2. The van der Waals surface area contributed by atoms with E-state index in [-0.39, 0.29) is 10.6 Å². The summed E-state index contributed by atoms with van der Waals surface area (Å²) < 4.78 is 13.8. The quantitative estimate of drug-likeness (QED) is 0.845. The van der Waals surface area contributed by atoms with E-state index in [9.17, 15) is 4.39 Å². The highest BCUT2D eigenvalue weighted by Gasteiger charge is 2.11. The van der Waals surface area contributed by atoms with Crippen molar-refractivity contribution in [3.05, 3.63) is 58.9 Å². The average molecular weight is 286 g/mol. The predicted molar refractivity (Wildman–Crippen MR) is 84.0 cm³/mol. The maximum Gasteiger partial charge on any atom is 0.135 e. The maximum absolute atomic E-state index is 13.8. The molecule has 3 N–H and O–H groups in total. The van der Waals surface area contributed by atoms with Gasteiger partial charge < -0.3 is 11.1 Å². The number of nitrogens with one attached hydrogen (secondary N) is 1. The number of aryl methyl sites for hydroxylation is 2. The van der Waals surface area contributed by atoms with Crippen LogP contribution >= 0.6 is 12.2 Å². The lowest BCUT2D eigenvalue weighted by Gasteiger charge is -2.10. The molecule has 3 rings (SSSR count). The van der Waals surface area contributed by atoms with Gasteiger partial charge in [0.1, 0.15) is 10.8 Å². The van der Waals surface area contributed by atoms with Crippen molar-refractivity contribution < 1.29 is 4.39 Å². The average Bonchev–Trinajstić information content (AvgIpc) is 2.85. The molecule has 0 saturated heterocycles. The van der Waals surface area contributed by atoms with Crippen molar-refractivity contribution in [1.82, 2.24) is 0 Å². The van der Waals surface area contributed by atoms with E-state index in [0.717, 1.165) is 18.5 Å². The highest BCUT2D eigenvalue weighted by molar-refractivity contribution is 7.80. The second-order valence-corrected chi connectivity index (χ2v) is 5.46. The van der Waals surface area contributed by atoms with Gasteiger partial charge in [0, 0.05) is 16.9 Å². The minimum Gasteiger partial charge on any atom is -0.389 e. The molecular formula is C16H15FN2S. The summed E-state index contributed by atoms with van der Waals surface area (Å²) in [5, 5.41) is 3.22. The molecule has 0 unspecified atom stereocenters. The molecule has 4 heteroatoms. The van der Waals surface area contributed by atoms with Crippen LogP contribution in [0.25, 0.3) is 0 Å².